The van der Waals surface area contributed by atoms with E-state index < -0.39 is 12.6 Å². The van der Waals surface area contributed by atoms with Gasteiger partial charge in [-0.3, -0.25) is 0 Å². The van der Waals surface area contributed by atoms with Gasteiger partial charge in [0, 0.05) is 13.0 Å². The van der Waals surface area contributed by atoms with Crippen molar-refractivity contribution in [1.82, 2.24) is 9.97 Å². The highest BCUT2D eigenvalue weighted by atomic mass is 79.9. The Morgan fingerprint density at radius 2 is 2.18 bits per heavy atom. The molecule has 0 spiro atoms. The fourth-order valence-electron chi connectivity index (χ4n) is 1.07. The van der Waals surface area contributed by atoms with Crippen LogP contribution in [-0.4, -0.2) is 29.8 Å². The van der Waals surface area contributed by atoms with Crippen LogP contribution >= 0.6 is 15.9 Å². The van der Waals surface area contributed by atoms with Gasteiger partial charge in [0.1, 0.15) is 0 Å². The minimum atomic E-state index is -4.13. The number of nitrogens with one attached hydrogen (secondary N) is 1. The van der Waals surface area contributed by atoms with E-state index in [2.05, 4.69) is 31.2 Å². The molecule has 0 aliphatic carbocycles. The van der Waals surface area contributed by atoms with Gasteiger partial charge in [0.15, 0.2) is 0 Å². The molecule has 0 aliphatic heterocycles. The minimum Gasteiger partial charge on any atom is -0.480 e. The Labute approximate surface area is 105 Å². The molecular formula is C9H11BrF3N3O. The number of methoxy groups -OCH3 is 1. The van der Waals surface area contributed by atoms with Crippen molar-refractivity contribution in [2.24, 2.45) is 0 Å². The van der Waals surface area contributed by atoms with Crippen LogP contribution in [0.15, 0.2) is 10.7 Å². The molecule has 0 aliphatic rings. The Balaban J connectivity index is 2.42. The normalized spacial score (nSPS) is 11.4. The zero-order chi connectivity index (χ0) is 12.9. The van der Waals surface area contributed by atoms with E-state index in [1.54, 1.807) is 0 Å². The van der Waals surface area contributed by atoms with Gasteiger partial charge in [-0.15, -0.1) is 0 Å². The summed E-state index contributed by atoms with van der Waals surface area (Å²) in [6, 6.07) is 0. The van der Waals surface area contributed by atoms with Crippen molar-refractivity contribution < 1.29 is 17.9 Å². The highest BCUT2D eigenvalue weighted by Crippen LogP contribution is 2.23. The molecule has 1 N–H and O–H groups in total. The summed E-state index contributed by atoms with van der Waals surface area (Å²) in [5, 5.41) is 2.70. The Hall–Kier alpha value is -1.05. The Bertz CT molecular complexity index is 373. The monoisotopic (exact) mass is 313 g/mol. The lowest BCUT2D eigenvalue weighted by Crippen LogP contribution is -2.12. The van der Waals surface area contributed by atoms with Gasteiger partial charge in [-0.1, -0.05) is 0 Å². The Morgan fingerprint density at radius 1 is 1.47 bits per heavy atom. The van der Waals surface area contributed by atoms with E-state index in [4.69, 9.17) is 4.74 Å². The Kier molecular flexibility index (Phi) is 4.98. The quantitative estimate of drug-likeness (QED) is 0.849. The second-order valence-electron chi connectivity index (χ2n) is 3.20. The lowest BCUT2D eigenvalue weighted by Gasteiger charge is -2.08. The lowest BCUT2D eigenvalue weighted by atomic mass is 10.3. The van der Waals surface area contributed by atoms with Crippen LogP contribution in [0.2, 0.25) is 0 Å². The van der Waals surface area contributed by atoms with Gasteiger partial charge in [-0.2, -0.15) is 18.2 Å². The summed E-state index contributed by atoms with van der Waals surface area (Å²) < 4.78 is 41.1. The molecule has 0 saturated carbocycles. The van der Waals surface area contributed by atoms with Crippen molar-refractivity contribution >= 4 is 21.9 Å². The van der Waals surface area contributed by atoms with Crippen LogP contribution in [0.1, 0.15) is 12.8 Å². The number of aromatic nitrogens is 2. The zero-order valence-corrected chi connectivity index (χ0v) is 10.6. The van der Waals surface area contributed by atoms with E-state index in [1.807, 2.05) is 0 Å². The lowest BCUT2D eigenvalue weighted by molar-refractivity contribution is -0.134. The molecule has 1 heterocycles. The van der Waals surface area contributed by atoms with Gasteiger partial charge >= 0.3 is 6.18 Å². The first kappa shape index (κ1) is 14.0. The molecule has 0 radical (unpaired) electrons. The third-order valence-electron chi connectivity index (χ3n) is 1.83. The van der Waals surface area contributed by atoms with Crippen molar-refractivity contribution in [2.45, 2.75) is 19.0 Å². The average molecular weight is 314 g/mol. The zero-order valence-electron chi connectivity index (χ0n) is 9.01. The molecule has 0 unspecified atom stereocenters. The number of hydrogen-bond acceptors (Lipinski definition) is 4. The first-order valence-corrected chi connectivity index (χ1v) is 5.59. The summed E-state index contributed by atoms with van der Waals surface area (Å²) >= 11 is 3.17. The number of halogens is 4. The molecule has 1 rings (SSSR count). The molecule has 0 amide bonds. The van der Waals surface area contributed by atoms with Crippen molar-refractivity contribution in [2.75, 3.05) is 19.0 Å². The summed E-state index contributed by atoms with van der Waals surface area (Å²) in [5.74, 6) is 0.575. The smallest absolute Gasteiger partial charge is 0.389 e. The average Bonchev–Trinajstić information content (AvgIpc) is 2.25. The van der Waals surface area contributed by atoms with E-state index >= 15 is 0 Å². The van der Waals surface area contributed by atoms with Crippen molar-refractivity contribution in [3.63, 3.8) is 0 Å². The molecule has 1 aromatic rings. The predicted octanol–water partition coefficient (Wildman–Crippen LogP) is 3.00. The summed E-state index contributed by atoms with van der Waals surface area (Å²) in [5.41, 5.74) is 0. The topological polar surface area (TPSA) is 47.0 Å². The van der Waals surface area contributed by atoms with Crippen LogP contribution in [0, 0.1) is 0 Å². The van der Waals surface area contributed by atoms with E-state index in [9.17, 15) is 13.2 Å². The van der Waals surface area contributed by atoms with E-state index in [0.717, 1.165) is 0 Å². The maximum absolute atomic E-state index is 11.9. The highest BCUT2D eigenvalue weighted by Gasteiger charge is 2.25. The van der Waals surface area contributed by atoms with Gasteiger partial charge in [0.25, 0.3) is 0 Å². The molecule has 0 fully saturated rings. The van der Waals surface area contributed by atoms with Crippen LogP contribution < -0.4 is 10.1 Å². The van der Waals surface area contributed by atoms with Crippen molar-refractivity contribution in [3.8, 4) is 5.88 Å². The first-order chi connectivity index (χ1) is 7.92. The van der Waals surface area contributed by atoms with E-state index in [-0.39, 0.29) is 18.9 Å². The van der Waals surface area contributed by atoms with Gasteiger partial charge < -0.3 is 10.1 Å². The summed E-state index contributed by atoms with van der Waals surface area (Å²) in [6.07, 6.45) is -3.50. The fraction of sp³-hybridized carbons (Fsp3) is 0.556. The maximum Gasteiger partial charge on any atom is 0.389 e. The third kappa shape index (κ3) is 5.20. The van der Waals surface area contributed by atoms with E-state index in [1.165, 1.54) is 13.3 Å². The summed E-state index contributed by atoms with van der Waals surface area (Å²) in [4.78, 5) is 7.84. The standard InChI is InChI=1S/C9H11BrF3N3O/c1-17-7-6(10)5-15-8(16-7)14-4-2-3-9(11,12)13/h5H,2-4H2,1H3,(H,14,15,16). The SMILES string of the molecule is COc1nc(NCCCC(F)(F)F)ncc1Br. The number of rotatable bonds is 5. The summed E-state index contributed by atoms with van der Waals surface area (Å²) in [7, 11) is 1.44. The Morgan fingerprint density at radius 3 is 2.76 bits per heavy atom. The summed E-state index contributed by atoms with van der Waals surface area (Å²) in [6.45, 7) is 0.157. The second kappa shape index (κ2) is 6.04. The predicted molar refractivity (Wildman–Crippen MR) is 60.1 cm³/mol. The van der Waals surface area contributed by atoms with Crippen molar-refractivity contribution in [1.29, 1.82) is 0 Å². The molecule has 8 heteroatoms. The molecule has 1 aromatic heterocycles. The molecule has 0 aromatic carbocycles. The highest BCUT2D eigenvalue weighted by molar-refractivity contribution is 9.10. The number of hydrogen-bond donors (Lipinski definition) is 1. The second-order valence-corrected chi connectivity index (χ2v) is 4.05. The number of anilines is 1. The van der Waals surface area contributed by atoms with Crippen LogP contribution in [0.5, 0.6) is 5.88 Å². The molecule has 96 valence electrons. The van der Waals surface area contributed by atoms with Crippen LogP contribution in [-0.2, 0) is 0 Å². The molecule has 17 heavy (non-hydrogen) atoms. The van der Waals surface area contributed by atoms with Crippen molar-refractivity contribution in [3.05, 3.63) is 10.7 Å². The first-order valence-electron chi connectivity index (χ1n) is 4.79. The van der Waals surface area contributed by atoms with Gasteiger partial charge in [-0.25, -0.2) is 4.98 Å². The fourth-order valence-corrected chi connectivity index (χ4v) is 1.42. The largest absolute Gasteiger partial charge is 0.480 e. The van der Waals surface area contributed by atoms with Crippen LogP contribution in [0.25, 0.3) is 0 Å². The molecular weight excluding hydrogens is 303 g/mol. The molecule has 0 atom stereocenters. The number of ether oxygens (including phenoxy) is 1. The molecule has 0 saturated heterocycles. The van der Waals surface area contributed by atoms with Gasteiger partial charge in [-0.05, 0) is 22.4 Å². The van der Waals surface area contributed by atoms with Crippen LogP contribution in [0.3, 0.4) is 0 Å². The van der Waals surface area contributed by atoms with Crippen LogP contribution in [0.4, 0.5) is 19.1 Å². The third-order valence-corrected chi connectivity index (χ3v) is 2.37. The molecule has 0 bridgehead atoms. The number of nitrogens with zero attached hydrogens (tertiary/aromatic N) is 2. The minimum absolute atomic E-state index is 0.0226. The molecule has 4 nitrogen and oxygen atoms in total. The van der Waals surface area contributed by atoms with Gasteiger partial charge in [0.2, 0.25) is 11.8 Å². The van der Waals surface area contributed by atoms with E-state index in [0.29, 0.717) is 10.4 Å². The van der Waals surface area contributed by atoms with Gasteiger partial charge in [0.05, 0.1) is 17.8 Å². The number of alkyl halides is 3. The maximum atomic E-state index is 11.9.